The van der Waals surface area contributed by atoms with Crippen molar-refractivity contribution in [3.05, 3.63) is 69.0 Å². The van der Waals surface area contributed by atoms with Crippen LogP contribution >= 0.6 is 23.2 Å². The minimum atomic E-state index is -0.614. The Hall–Kier alpha value is -1.09. The van der Waals surface area contributed by atoms with E-state index in [9.17, 15) is 9.50 Å². The molecule has 2 aromatic rings. The highest BCUT2D eigenvalue weighted by Crippen LogP contribution is 2.26. The van der Waals surface area contributed by atoms with Gasteiger partial charge < -0.3 is 5.11 Å². The summed E-state index contributed by atoms with van der Waals surface area (Å²) in [5.41, 5.74) is 2.49. The molecular weight excluding hydrogens is 298 g/mol. The lowest BCUT2D eigenvalue weighted by atomic mass is 9.98. The molecule has 0 amide bonds. The second kappa shape index (κ2) is 6.57. The Balaban J connectivity index is 2.11. The van der Waals surface area contributed by atoms with Crippen LogP contribution in [0.5, 0.6) is 0 Å². The average molecular weight is 313 g/mol. The summed E-state index contributed by atoms with van der Waals surface area (Å²) >= 11 is 12.2. The third kappa shape index (κ3) is 3.72. The first kappa shape index (κ1) is 15.3. The zero-order valence-electron chi connectivity index (χ0n) is 11.0. The maximum Gasteiger partial charge on any atom is 0.123 e. The van der Waals surface area contributed by atoms with Crippen LogP contribution < -0.4 is 0 Å². The highest BCUT2D eigenvalue weighted by Gasteiger charge is 2.13. The summed E-state index contributed by atoms with van der Waals surface area (Å²) in [6.45, 7) is 1.83. The summed E-state index contributed by atoms with van der Waals surface area (Å²) < 4.78 is 13.0. The molecule has 0 saturated heterocycles. The number of hydrogen-bond donors (Lipinski definition) is 1. The normalized spacial score (nSPS) is 12.4. The number of aliphatic hydroxyl groups is 1. The monoisotopic (exact) mass is 312 g/mol. The molecule has 106 valence electrons. The Morgan fingerprint density at radius 2 is 1.75 bits per heavy atom. The van der Waals surface area contributed by atoms with Crippen molar-refractivity contribution in [1.82, 2.24) is 0 Å². The maximum atomic E-state index is 13.0. The van der Waals surface area contributed by atoms with Crippen LogP contribution in [-0.4, -0.2) is 11.2 Å². The summed E-state index contributed by atoms with van der Waals surface area (Å²) in [6, 6.07) is 9.83. The second-order valence-electron chi connectivity index (χ2n) is 4.83. The molecule has 20 heavy (non-hydrogen) atoms. The molecule has 0 spiro atoms. The van der Waals surface area contributed by atoms with Gasteiger partial charge in [0.1, 0.15) is 5.82 Å². The molecule has 0 aromatic heterocycles. The molecular formula is C16H15Cl2FO. The van der Waals surface area contributed by atoms with Crippen LogP contribution in [0.1, 0.15) is 16.7 Å². The lowest BCUT2D eigenvalue weighted by Gasteiger charge is -2.14. The van der Waals surface area contributed by atoms with Gasteiger partial charge in [0.2, 0.25) is 0 Å². The van der Waals surface area contributed by atoms with Gasteiger partial charge in [-0.25, -0.2) is 4.39 Å². The van der Waals surface area contributed by atoms with Gasteiger partial charge in [-0.3, -0.25) is 0 Å². The molecule has 0 heterocycles. The van der Waals surface area contributed by atoms with Gasteiger partial charge in [-0.2, -0.15) is 0 Å². The molecule has 0 saturated carbocycles. The zero-order valence-corrected chi connectivity index (χ0v) is 12.5. The fourth-order valence-corrected chi connectivity index (χ4v) is 2.73. The lowest BCUT2D eigenvalue weighted by molar-refractivity contribution is 0.175. The van der Waals surface area contributed by atoms with Gasteiger partial charge in [0, 0.05) is 16.5 Å². The largest absolute Gasteiger partial charge is 0.392 e. The number of hydrogen-bond acceptors (Lipinski definition) is 1. The van der Waals surface area contributed by atoms with E-state index in [1.807, 2.05) is 6.92 Å². The molecule has 1 nitrogen and oxygen atoms in total. The summed E-state index contributed by atoms with van der Waals surface area (Å²) in [6.07, 6.45) is 0.194. The van der Waals surface area contributed by atoms with Crippen molar-refractivity contribution < 1.29 is 9.50 Å². The van der Waals surface area contributed by atoms with Crippen molar-refractivity contribution in [3.8, 4) is 0 Å². The summed E-state index contributed by atoms with van der Waals surface area (Å²) in [5, 5.41) is 11.3. The molecule has 4 heteroatoms. The zero-order chi connectivity index (χ0) is 14.7. The molecule has 2 aromatic carbocycles. The number of aliphatic hydroxyl groups excluding tert-OH is 1. The fraction of sp³-hybridized carbons (Fsp3) is 0.250. The standard InChI is InChI=1S/C16H15Cl2FO/c1-10-7-12(19)6-5-11(10)8-13(20)9-14-15(17)3-2-4-16(14)18/h2-7,13,20H,8-9H2,1H3. The second-order valence-corrected chi connectivity index (χ2v) is 5.65. The summed E-state index contributed by atoms with van der Waals surface area (Å²) in [5.74, 6) is -0.269. The van der Waals surface area contributed by atoms with Gasteiger partial charge >= 0.3 is 0 Å². The highest BCUT2D eigenvalue weighted by molar-refractivity contribution is 6.35. The van der Waals surface area contributed by atoms with E-state index in [1.165, 1.54) is 12.1 Å². The number of rotatable bonds is 4. The molecule has 1 unspecified atom stereocenters. The first-order valence-electron chi connectivity index (χ1n) is 6.33. The van der Waals surface area contributed by atoms with E-state index in [0.29, 0.717) is 22.9 Å². The quantitative estimate of drug-likeness (QED) is 0.875. The number of benzene rings is 2. The SMILES string of the molecule is Cc1cc(F)ccc1CC(O)Cc1c(Cl)cccc1Cl. The average Bonchev–Trinajstić information content (AvgIpc) is 2.37. The summed E-state index contributed by atoms with van der Waals surface area (Å²) in [7, 11) is 0. The first-order chi connectivity index (χ1) is 9.47. The van der Waals surface area contributed by atoms with Gasteiger partial charge in [-0.1, -0.05) is 35.3 Å². The van der Waals surface area contributed by atoms with Gasteiger partial charge in [0.05, 0.1) is 6.10 Å². The predicted octanol–water partition coefficient (Wildman–Crippen LogP) is 4.59. The van der Waals surface area contributed by atoms with Crippen LogP contribution in [0.15, 0.2) is 36.4 Å². The van der Waals surface area contributed by atoms with Crippen LogP contribution in [0.2, 0.25) is 10.0 Å². The molecule has 1 atom stereocenters. The van der Waals surface area contributed by atoms with Crippen LogP contribution in [0.4, 0.5) is 4.39 Å². The van der Waals surface area contributed by atoms with Crippen LogP contribution in [-0.2, 0) is 12.8 Å². The number of aryl methyl sites for hydroxylation is 1. The smallest absolute Gasteiger partial charge is 0.123 e. The maximum absolute atomic E-state index is 13.0. The molecule has 1 N–H and O–H groups in total. The molecule has 0 aliphatic rings. The van der Waals surface area contributed by atoms with Gasteiger partial charge in [-0.15, -0.1) is 0 Å². The van der Waals surface area contributed by atoms with Gasteiger partial charge in [-0.05, 0) is 54.3 Å². The molecule has 0 aliphatic heterocycles. The molecule has 0 aliphatic carbocycles. The molecule has 0 fully saturated rings. The molecule has 0 bridgehead atoms. The predicted molar refractivity (Wildman–Crippen MR) is 81.0 cm³/mol. The van der Waals surface area contributed by atoms with Crippen molar-refractivity contribution in [2.45, 2.75) is 25.9 Å². The van der Waals surface area contributed by atoms with Crippen LogP contribution in [0.25, 0.3) is 0 Å². The van der Waals surface area contributed by atoms with E-state index < -0.39 is 6.10 Å². The first-order valence-corrected chi connectivity index (χ1v) is 7.09. The van der Waals surface area contributed by atoms with Crippen LogP contribution in [0, 0.1) is 12.7 Å². The lowest BCUT2D eigenvalue weighted by Crippen LogP contribution is -2.15. The highest BCUT2D eigenvalue weighted by atomic mass is 35.5. The Labute approximate surface area is 128 Å². The van der Waals surface area contributed by atoms with E-state index in [2.05, 4.69) is 0 Å². The Morgan fingerprint density at radius 3 is 2.35 bits per heavy atom. The van der Waals surface area contributed by atoms with Gasteiger partial charge in [0.15, 0.2) is 0 Å². The van der Waals surface area contributed by atoms with Crippen molar-refractivity contribution >= 4 is 23.2 Å². The van der Waals surface area contributed by atoms with E-state index in [-0.39, 0.29) is 5.82 Å². The topological polar surface area (TPSA) is 20.2 Å². The Morgan fingerprint density at radius 1 is 1.10 bits per heavy atom. The third-order valence-electron chi connectivity index (χ3n) is 3.26. The van der Waals surface area contributed by atoms with Crippen molar-refractivity contribution in [3.63, 3.8) is 0 Å². The van der Waals surface area contributed by atoms with E-state index in [1.54, 1.807) is 24.3 Å². The number of halogens is 3. The van der Waals surface area contributed by atoms with E-state index in [0.717, 1.165) is 16.7 Å². The molecule has 0 radical (unpaired) electrons. The van der Waals surface area contributed by atoms with Crippen molar-refractivity contribution in [1.29, 1.82) is 0 Å². The minimum Gasteiger partial charge on any atom is -0.392 e. The van der Waals surface area contributed by atoms with E-state index in [4.69, 9.17) is 23.2 Å². The van der Waals surface area contributed by atoms with Gasteiger partial charge in [0.25, 0.3) is 0 Å². The van der Waals surface area contributed by atoms with Crippen molar-refractivity contribution in [2.75, 3.05) is 0 Å². The minimum absolute atomic E-state index is 0.269. The van der Waals surface area contributed by atoms with E-state index >= 15 is 0 Å². The van der Waals surface area contributed by atoms with Crippen LogP contribution in [0.3, 0.4) is 0 Å². The molecule has 2 rings (SSSR count). The van der Waals surface area contributed by atoms with Crippen molar-refractivity contribution in [2.24, 2.45) is 0 Å². The third-order valence-corrected chi connectivity index (χ3v) is 3.97. The fourth-order valence-electron chi connectivity index (χ4n) is 2.18. The Kier molecular flexibility index (Phi) is 5.03. The Bertz CT molecular complexity index is 593. The summed E-state index contributed by atoms with van der Waals surface area (Å²) in [4.78, 5) is 0.